The first-order chi connectivity index (χ1) is 2.93. The lowest BCUT2D eigenvalue weighted by Crippen LogP contribution is -2.40. The van der Waals surface area contributed by atoms with Gasteiger partial charge in [-0.3, -0.25) is 4.90 Å². The second-order valence-electron chi connectivity index (χ2n) is 1.65. The first-order valence-corrected chi connectivity index (χ1v) is 2.36. The second-order valence-corrected chi connectivity index (χ2v) is 1.65. The molecule has 0 atom stereocenters. The Bertz CT molecular complexity index is 38.1. The van der Waals surface area contributed by atoms with Gasteiger partial charge in [0.15, 0.2) is 0 Å². The highest BCUT2D eigenvalue weighted by atomic mass is 15.2. The topological polar surface area (TPSA) is 29.3 Å². The summed E-state index contributed by atoms with van der Waals surface area (Å²) in [5.41, 5.74) is 5.26. The molecule has 2 nitrogen and oxygen atoms in total. The molecule has 0 bridgehead atoms. The summed E-state index contributed by atoms with van der Waals surface area (Å²) in [6, 6.07) is 0. The summed E-state index contributed by atoms with van der Waals surface area (Å²) < 4.78 is 0. The van der Waals surface area contributed by atoms with Crippen molar-refractivity contribution >= 4 is 0 Å². The Labute approximate surface area is 37.9 Å². The second kappa shape index (κ2) is 1.58. The smallest absolute Gasteiger partial charge is 0.0455 e. The summed E-state index contributed by atoms with van der Waals surface area (Å²) in [4.78, 5) is 2.21. The number of rotatable bonds is 1. The highest BCUT2D eigenvalue weighted by molar-refractivity contribution is 4.64. The van der Waals surface area contributed by atoms with Crippen molar-refractivity contribution in [1.29, 1.82) is 0 Å². The third kappa shape index (κ3) is 0.533. The summed E-state index contributed by atoms with van der Waals surface area (Å²) in [5, 5.41) is 0. The van der Waals surface area contributed by atoms with Crippen LogP contribution in [-0.4, -0.2) is 24.7 Å². The molecule has 1 fully saturated rings. The maximum atomic E-state index is 5.26. The van der Waals surface area contributed by atoms with Crippen LogP contribution in [0.1, 0.15) is 6.42 Å². The molecule has 0 aromatic heterocycles. The van der Waals surface area contributed by atoms with Gasteiger partial charge in [0.25, 0.3) is 0 Å². The number of nitrogens with two attached hydrogens (primary N) is 1. The molecule has 0 aromatic carbocycles. The van der Waals surface area contributed by atoms with Gasteiger partial charge in [0.05, 0.1) is 0 Å². The molecule has 0 aromatic rings. The van der Waals surface area contributed by atoms with Crippen LogP contribution in [-0.2, 0) is 0 Å². The largest absolute Gasteiger partial charge is 0.318 e. The van der Waals surface area contributed by atoms with Crippen LogP contribution in [0.4, 0.5) is 0 Å². The highest BCUT2D eigenvalue weighted by Gasteiger charge is 2.09. The minimum absolute atomic E-state index is 0.750. The summed E-state index contributed by atoms with van der Waals surface area (Å²) in [5.74, 6) is 0. The van der Waals surface area contributed by atoms with E-state index in [0.717, 1.165) is 6.67 Å². The molecular formula is C4H10N2. The molecule has 0 spiro atoms. The van der Waals surface area contributed by atoms with Crippen LogP contribution in [0.2, 0.25) is 0 Å². The van der Waals surface area contributed by atoms with E-state index in [4.69, 9.17) is 5.73 Å². The van der Waals surface area contributed by atoms with E-state index in [0.29, 0.717) is 0 Å². The molecule has 1 aliphatic rings. The quantitative estimate of drug-likeness (QED) is 0.471. The Morgan fingerprint density at radius 2 is 2.17 bits per heavy atom. The van der Waals surface area contributed by atoms with E-state index in [9.17, 15) is 0 Å². The van der Waals surface area contributed by atoms with E-state index in [2.05, 4.69) is 4.90 Å². The normalized spacial score (nSPS) is 23.5. The van der Waals surface area contributed by atoms with Crippen molar-refractivity contribution in [3.8, 4) is 0 Å². The maximum Gasteiger partial charge on any atom is 0.0455 e. The molecule has 0 saturated carbocycles. The van der Waals surface area contributed by atoms with E-state index in [1.165, 1.54) is 19.5 Å². The fourth-order valence-electron chi connectivity index (χ4n) is 0.564. The first kappa shape index (κ1) is 4.09. The minimum atomic E-state index is 0.750. The molecule has 0 unspecified atom stereocenters. The fraction of sp³-hybridized carbons (Fsp3) is 1.00. The Morgan fingerprint density at radius 1 is 1.50 bits per heavy atom. The molecule has 0 amide bonds. The van der Waals surface area contributed by atoms with E-state index >= 15 is 0 Å². The lowest BCUT2D eigenvalue weighted by atomic mass is 10.2. The predicted molar refractivity (Wildman–Crippen MR) is 25.2 cm³/mol. The van der Waals surface area contributed by atoms with Crippen molar-refractivity contribution in [1.82, 2.24) is 4.90 Å². The van der Waals surface area contributed by atoms with Crippen molar-refractivity contribution in [2.45, 2.75) is 6.42 Å². The average molecular weight is 86.1 g/mol. The van der Waals surface area contributed by atoms with Gasteiger partial charge in [0.1, 0.15) is 0 Å². The van der Waals surface area contributed by atoms with Crippen molar-refractivity contribution in [3.63, 3.8) is 0 Å². The SMILES string of the molecule is NCN1CCC1. The van der Waals surface area contributed by atoms with Crippen LogP contribution >= 0.6 is 0 Å². The van der Waals surface area contributed by atoms with Crippen LogP contribution in [0.5, 0.6) is 0 Å². The van der Waals surface area contributed by atoms with E-state index in [1.54, 1.807) is 0 Å². The molecule has 6 heavy (non-hydrogen) atoms. The lowest BCUT2D eigenvalue weighted by Gasteiger charge is -2.28. The molecule has 1 saturated heterocycles. The summed E-state index contributed by atoms with van der Waals surface area (Å²) >= 11 is 0. The molecule has 0 radical (unpaired) electrons. The molecule has 0 aliphatic carbocycles. The van der Waals surface area contributed by atoms with Crippen LogP contribution in [0, 0.1) is 0 Å². The number of nitrogens with zero attached hydrogens (tertiary/aromatic N) is 1. The molecule has 36 valence electrons. The van der Waals surface area contributed by atoms with Crippen LogP contribution in [0.3, 0.4) is 0 Å². The zero-order valence-electron chi connectivity index (χ0n) is 3.85. The van der Waals surface area contributed by atoms with Gasteiger partial charge in [-0.1, -0.05) is 0 Å². The van der Waals surface area contributed by atoms with Gasteiger partial charge in [-0.2, -0.15) is 0 Å². The van der Waals surface area contributed by atoms with Gasteiger partial charge in [-0.05, 0) is 6.42 Å². The molecule has 2 N–H and O–H groups in total. The molecular weight excluding hydrogens is 76.1 g/mol. The lowest BCUT2D eigenvalue weighted by molar-refractivity contribution is 0.187. The number of hydrogen-bond donors (Lipinski definition) is 1. The monoisotopic (exact) mass is 86.1 g/mol. The predicted octanol–water partition coefficient (Wildman–Crippen LogP) is -0.392. The van der Waals surface area contributed by atoms with Gasteiger partial charge >= 0.3 is 0 Å². The van der Waals surface area contributed by atoms with Gasteiger partial charge in [-0.25, -0.2) is 0 Å². The van der Waals surface area contributed by atoms with E-state index < -0.39 is 0 Å². The van der Waals surface area contributed by atoms with Crippen LogP contribution < -0.4 is 5.73 Å². The molecule has 1 heterocycles. The van der Waals surface area contributed by atoms with Gasteiger partial charge in [0, 0.05) is 19.8 Å². The third-order valence-electron chi connectivity index (χ3n) is 1.21. The van der Waals surface area contributed by atoms with Crippen molar-refractivity contribution < 1.29 is 0 Å². The van der Waals surface area contributed by atoms with Gasteiger partial charge in [0.2, 0.25) is 0 Å². The summed E-state index contributed by atoms with van der Waals surface area (Å²) in [6.45, 7) is 3.19. The molecule has 1 rings (SSSR count). The van der Waals surface area contributed by atoms with Crippen LogP contribution in [0.15, 0.2) is 0 Å². The number of likely N-dealkylation sites (tertiary alicyclic amines) is 1. The van der Waals surface area contributed by atoms with E-state index in [-0.39, 0.29) is 0 Å². The Hall–Kier alpha value is -0.0800. The molecule has 2 heteroatoms. The third-order valence-corrected chi connectivity index (χ3v) is 1.21. The van der Waals surface area contributed by atoms with Crippen molar-refractivity contribution in [2.75, 3.05) is 19.8 Å². The Morgan fingerprint density at radius 3 is 2.17 bits per heavy atom. The maximum absolute atomic E-state index is 5.26. The summed E-state index contributed by atoms with van der Waals surface area (Å²) in [6.07, 6.45) is 1.34. The highest BCUT2D eigenvalue weighted by Crippen LogP contribution is 2.00. The van der Waals surface area contributed by atoms with Crippen LogP contribution in [0.25, 0.3) is 0 Å². The standard InChI is InChI=1S/C4H10N2/c5-4-6-2-1-3-6/h1-5H2. The fourth-order valence-corrected chi connectivity index (χ4v) is 0.564. The van der Waals surface area contributed by atoms with E-state index in [1.807, 2.05) is 0 Å². The zero-order chi connectivity index (χ0) is 4.41. The number of hydrogen-bond acceptors (Lipinski definition) is 2. The van der Waals surface area contributed by atoms with Crippen molar-refractivity contribution in [3.05, 3.63) is 0 Å². The van der Waals surface area contributed by atoms with Crippen molar-refractivity contribution in [2.24, 2.45) is 5.73 Å². The Balaban J connectivity index is 2.01. The Kier molecular flexibility index (Phi) is 1.08. The first-order valence-electron chi connectivity index (χ1n) is 2.36. The van der Waals surface area contributed by atoms with Gasteiger partial charge < -0.3 is 5.73 Å². The zero-order valence-corrected chi connectivity index (χ0v) is 3.85. The summed E-state index contributed by atoms with van der Waals surface area (Å²) in [7, 11) is 0. The molecule has 1 aliphatic heterocycles. The minimum Gasteiger partial charge on any atom is -0.318 e. The average Bonchev–Trinajstić information content (AvgIpc) is 1.31. The van der Waals surface area contributed by atoms with Gasteiger partial charge in [-0.15, -0.1) is 0 Å².